The van der Waals surface area contributed by atoms with Crippen LogP contribution in [0.15, 0.2) is 12.3 Å². The largest absolute Gasteiger partial charge is 0.395 e. The predicted octanol–water partition coefficient (Wildman–Crippen LogP) is 0.336. The maximum atomic E-state index is 9.12. The molecule has 1 unspecified atom stereocenters. The van der Waals surface area contributed by atoms with Gasteiger partial charge in [-0.15, -0.1) is 0 Å². The van der Waals surface area contributed by atoms with E-state index < -0.39 is 0 Å². The van der Waals surface area contributed by atoms with E-state index in [1.165, 1.54) is 12.8 Å². The van der Waals surface area contributed by atoms with Gasteiger partial charge in [-0.3, -0.25) is 0 Å². The summed E-state index contributed by atoms with van der Waals surface area (Å²) in [5.74, 6) is 0.716. The van der Waals surface area contributed by atoms with Crippen LogP contribution in [0.1, 0.15) is 18.5 Å². The van der Waals surface area contributed by atoms with Crippen molar-refractivity contribution in [2.24, 2.45) is 0 Å². The van der Waals surface area contributed by atoms with Crippen molar-refractivity contribution in [1.29, 1.82) is 0 Å². The maximum absolute atomic E-state index is 9.12. The Morgan fingerprint density at radius 2 is 2.47 bits per heavy atom. The highest BCUT2D eigenvalue weighted by atomic mass is 16.3. The molecule has 1 saturated heterocycles. The zero-order valence-corrected chi connectivity index (χ0v) is 10.3. The van der Waals surface area contributed by atoms with E-state index in [4.69, 9.17) is 5.11 Å². The quantitative estimate of drug-likeness (QED) is 0.772. The number of anilines is 1. The number of nitrogens with zero attached hydrogens (tertiary/aromatic N) is 3. The minimum absolute atomic E-state index is 0.129. The van der Waals surface area contributed by atoms with Crippen molar-refractivity contribution < 1.29 is 5.11 Å². The molecule has 1 atom stereocenters. The third-order valence-corrected chi connectivity index (χ3v) is 3.04. The van der Waals surface area contributed by atoms with E-state index in [1.807, 2.05) is 13.0 Å². The third-order valence-electron chi connectivity index (χ3n) is 3.04. The molecule has 1 aliphatic heterocycles. The Labute approximate surface area is 102 Å². The molecule has 0 bridgehead atoms. The number of aryl methyl sites for hydroxylation is 1. The molecule has 17 heavy (non-hydrogen) atoms. The summed E-state index contributed by atoms with van der Waals surface area (Å²) in [6.45, 7) is 4.62. The van der Waals surface area contributed by atoms with Crippen molar-refractivity contribution in [2.45, 2.75) is 25.8 Å². The number of aromatic nitrogens is 2. The number of nitrogens with one attached hydrogen (secondary N) is 1. The first-order valence-corrected chi connectivity index (χ1v) is 6.18. The van der Waals surface area contributed by atoms with Gasteiger partial charge >= 0.3 is 0 Å². The monoisotopic (exact) mass is 236 g/mol. The Kier molecular flexibility index (Phi) is 4.28. The van der Waals surface area contributed by atoms with E-state index in [-0.39, 0.29) is 6.61 Å². The van der Waals surface area contributed by atoms with E-state index >= 15 is 0 Å². The van der Waals surface area contributed by atoms with Gasteiger partial charge in [0, 0.05) is 31.0 Å². The van der Waals surface area contributed by atoms with Crippen molar-refractivity contribution in [3.63, 3.8) is 0 Å². The van der Waals surface area contributed by atoms with Crippen molar-refractivity contribution >= 4 is 5.95 Å². The van der Waals surface area contributed by atoms with Crippen molar-refractivity contribution in [3.05, 3.63) is 18.0 Å². The van der Waals surface area contributed by atoms with Gasteiger partial charge in [0.15, 0.2) is 0 Å². The number of rotatable bonds is 5. The van der Waals surface area contributed by atoms with Crippen molar-refractivity contribution in [1.82, 2.24) is 15.3 Å². The van der Waals surface area contributed by atoms with Gasteiger partial charge in [0.25, 0.3) is 0 Å². The van der Waals surface area contributed by atoms with Crippen LogP contribution < -0.4 is 10.2 Å². The standard InChI is InChI=1S/C12H20N4O/c1-10-4-6-14-12(15-10)16(7-8-17)9-11-3-2-5-13-11/h4,6,11,13,17H,2-3,5,7-9H2,1H3. The second-order valence-corrected chi connectivity index (χ2v) is 4.46. The summed E-state index contributed by atoms with van der Waals surface area (Å²) in [4.78, 5) is 10.7. The van der Waals surface area contributed by atoms with Crippen LogP contribution in [0.4, 0.5) is 5.95 Å². The summed E-state index contributed by atoms with van der Waals surface area (Å²) in [6, 6.07) is 2.37. The zero-order valence-electron chi connectivity index (χ0n) is 10.3. The summed E-state index contributed by atoms with van der Waals surface area (Å²) < 4.78 is 0. The van der Waals surface area contributed by atoms with Gasteiger partial charge in [-0.1, -0.05) is 0 Å². The lowest BCUT2D eigenvalue weighted by Gasteiger charge is -2.25. The van der Waals surface area contributed by atoms with Gasteiger partial charge in [0.05, 0.1) is 6.61 Å². The first kappa shape index (κ1) is 12.3. The third kappa shape index (κ3) is 3.38. The molecule has 1 aliphatic rings. The summed E-state index contributed by atoms with van der Waals surface area (Å²) in [5, 5.41) is 12.6. The number of hydrogen-bond acceptors (Lipinski definition) is 5. The zero-order chi connectivity index (χ0) is 12.1. The molecule has 5 nitrogen and oxygen atoms in total. The highest BCUT2D eigenvalue weighted by Gasteiger charge is 2.19. The molecule has 0 saturated carbocycles. The smallest absolute Gasteiger partial charge is 0.225 e. The van der Waals surface area contributed by atoms with E-state index in [0.29, 0.717) is 18.5 Å². The van der Waals surface area contributed by atoms with Crippen LogP contribution in [0, 0.1) is 6.92 Å². The second-order valence-electron chi connectivity index (χ2n) is 4.46. The molecule has 0 amide bonds. The van der Waals surface area contributed by atoms with Crippen LogP contribution >= 0.6 is 0 Å². The Morgan fingerprint density at radius 3 is 3.12 bits per heavy atom. The van der Waals surface area contributed by atoms with Crippen LogP contribution in [0.3, 0.4) is 0 Å². The lowest BCUT2D eigenvalue weighted by molar-refractivity contribution is 0.299. The lowest BCUT2D eigenvalue weighted by atomic mass is 10.2. The summed E-state index contributed by atoms with van der Waals surface area (Å²) >= 11 is 0. The van der Waals surface area contributed by atoms with E-state index in [9.17, 15) is 0 Å². The molecule has 1 aromatic rings. The summed E-state index contributed by atoms with van der Waals surface area (Å²) in [6.07, 6.45) is 4.18. The molecule has 0 aliphatic carbocycles. The maximum Gasteiger partial charge on any atom is 0.225 e. The first-order valence-electron chi connectivity index (χ1n) is 6.18. The SMILES string of the molecule is Cc1ccnc(N(CCO)CC2CCCN2)n1. The molecular formula is C12H20N4O. The Bertz CT molecular complexity index is 352. The van der Waals surface area contributed by atoms with Gasteiger partial charge in [-0.25, -0.2) is 9.97 Å². The van der Waals surface area contributed by atoms with E-state index in [1.54, 1.807) is 6.20 Å². The van der Waals surface area contributed by atoms with Gasteiger partial charge in [0.2, 0.25) is 5.95 Å². The Hall–Kier alpha value is -1.20. The normalized spacial score (nSPS) is 19.5. The van der Waals surface area contributed by atoms with E-state index in [0.717, 1.165) is 18.8 Å². The van der Waals surface area contributed by atoms with Gasteiger partial charge in [-0.2, -0.15) is 0 Å². The molecule has 1 aromatic heterocycles. The van der Waals surface area contributed by atoms with Gasteiger partial charge in [-0.05, 0) is 32.4 Å². The topological polar surface area (TPSA) is 61.3 Å². The minimum Gasteiger partial charge on any atom is -0.395 e. The van der Waals surface area contributed by atoms with Crippen LogP contribution in [-0.4, -0.2) is 47.4 Å². The predicted molar refractivity (Wildman–Crippen MR) is 67.1 cm³/mol. The number of hydrogen-bond donors (Lipinski definition) is 2. The van der Waals surface area contributed by atoms with Gasteiger partial charge in [0.1, 0.15) is 0 Å². The molecule has 1 fully saturated rings. The van der Waals surface area contributed by atoms with Gasteiger partial charge < -0.3 is 15.3 Å². The summed E-state index contributed by atoms with van der Waals surface area (Å²) in [7, 11) is 0. The average Bonchev–Trinajstić information content (AvgIpc) is 2.81. The highest BCUT2D eigenvalue weighted by molar-refractivity contribution is 5.30. The lowest BCUT2D eigenvalue weighted by Crippen LogP contribution is -2.40. The summed E-state index contributed by atoms with van der Waals surface area (Å²) in [5.41, 5.74) is 0.956. The molecular weight excluding hydrogens is 216 g/mol. The van der Waals surface area contributed by atoms with E-state index in [2.05, 4.69) is 20.2 Å². The average molecular weight is 236 g/mol. The molecule has 5 heteroatoms. The molecule has 2 N–H and O–H groups in total. The molecule has 0 spiro atoms. The molecule has 94 valence electrons. The van der Waals surface area contributed by atoms with Crippen LogP contribution in [0.2, 0.25) is 0 Å². The molecule has 2 heterocycles. The first-order chi connectivity index (χ1) is 8.29. The fraction of sp³-hybridized carbons (Fsp3) is 0.667. The number of aliphatic hydroxyl groups excluding tert-OH is 1. The fourth-order valence-electron chi connectivity index (χ4n) is 2.16. The highest BCUT2D eigenvalue weighted by Crippen LogP contribution is 2.12. The Balaban J connectivity index is 2.04. The fourth-order valence-corrected chi connectivity index (χ4v) is 2.16. The van der Waals surface area contributed by atoms with Crippen LogP contribution in [0.5, 0.6) is 0 Å². The second kappa shape index (κ2) is 5.93. The Morgan fingerprint density at radius 1 is 1.59 bits per heavy atom. The molecule has 0 aromatic carbocycles. The molecule has 0 radical (unpaired) electrons. The van der Waals surface area contributed by atoms with Crippen LogP contribution in [-0.2, 0) is 0 Å². The number of aliphatic hydroxyl groups is 1. The van der Waals surface area contributed by atoms with Crippen molar-refractivity contribution in [3.8, 4) is 0 Å². The van der Waals surface area contributed by atoms with Crippen LogP contribution in [0.25, 0.3) is 0 Å². The van der Waals surface area contributed by atoms with Crippen molar-refractivity contribution in [2.75, 3.05) is 31.1 Å². The minimum atomic E-state index is 0.129. The molecule has 2 rings (SSSR count).